The number of nitrogens with zero attached hydrogens (tertiary/aromatic N) is 1. The number of alkyl halides is 3. The highest BCUT2D eigenvalue weighted by Gasteiger charge is 2.36. The van der Waals surface area contributed by atoms with Gasteiger partial charge in [-0.25, -0.2) is 0 Å². The maximum absolute atomic E-state index is 13.3. The molecule has 1 aromatic carbocycles. The van der Waals surface area contributed by atoms with Crippen molar-refractivity contribution < 1.29 is 17.9 Å². The van der Waals surface area contributed by atoms with Crippen LogP contribution in [0.4, 0.5) is 13.2 Å². The van der Waals surface area contributed by atoms with Crippen LogP contribution >= 0.6 is 12.4 Å². The van der Waals surface area contributed by atoms with E-state index in [4.69, 9.17) is 4.74 Å². The first-order chi connectivity index (χ1) is 9.97. The van der Waals surface area contributed by atoms with E-state index >= 15 is 0 Å². The van der Waals surface area contributed by atoms with E-state index in [9.17, 15) is 13.2 Å². The number of rotatable bonds is 4. The third-order valence-electron chi connectivity index (χ3n) is 3.90. The van der Waals surface area contributed by atoms with Gasteiger partial charge in [-0.15, -0.1) is 12.4 Å². The lowest BCUT2D eigenvalue weighted by Crippen LogP contribution is -2.45. The van der Waals surface area contributed by atoms with Crippen LogP contribution < -0.4 is 10.1 Å². The smallest absolute Gasteiger partial charge is 0.416 e. The number of hydrogen-bond acceptors (Lipinski definition) is 3. The van der Waals surface area contributed by atoms with Gasteiger partial charge in [0.15, 0.2) is 0 Å². The monoisotopic (exact) mass is 338 g/mol. The minimum absolute atomic E-state index is 0. The Morgan fingerprint density at radius 1 is 1.27 bits per heavy atom. The van der Waals surface area contributed by atoms with Crippen LogP contribution in [0.5, 0.6) is 5.75 Å². The molecule has 126 valence electrons. The summed E-state index contributed by atoms with van der Waals surface area (Å²) in [6, 6.07) is 4.04. The van der Waals surface area contributed by atoms with Crippen molar-refractivity contribution in [3.05, 3.63) is 29.3 Å². The molecular weight excluding hydrogens is 317 g/mol. The van der Waals surface area contributed by atoms with Gasteiger partial charge in [0, 0.05) is 32.2 Å². The molecule has 1 aliphatic heterocycles. The first kappa shape index (κ1) is 19.1. The molecule has 0 aromatic heterocycles. The molecule has 1 atom stereocenters. The standard InChI is InChI=1S/C15H21F3N2O.ClH/c1-3-14(20-8-6-19-7-9-20)12-5-4-11(21-2)10-13(12)15(16,17)18;/h4-5,10,14,19H,3,6-9H2,1-2H3;1H/t14-;/m1./s1. The van der Waals surface area contributed by atoms with E-state index in [1.807, 2.05) is 6.92 Å². The summed E-state index contributed by atoms with van der Waals surface area (Å²) in [5.41, 5.74) is -0.250. The van der Waals surface area contributed by atoms with Crippen LogP contribution in [0.15, 0.2) is 18.2 Å². The highest BCUT2D eigenvalue weighted by molar-refractivity contribution is 5.85. The van der Waals surface area contributed by atoms with Crippen molar-refractivity contribution in [1.29, 1.82) is 0 Å². The Morgan fingerprint density at radius 3 is 2.41 bits per heavy atom. The quantitative estimate of drug-likeness (QED) is 0.909. The summed E-state index contributed by atoms with van der Waals surface area (Å²) in [4.78, 5) is 2.12. The van der Waals surface area contributed by atoms with Crippen LogP contribution in [0.3, 0.4) is 0 Å². The predicted octanol–water partition coefficient (Wildman–Crippen LogP) is 3.49. The zero-order valence-electron chi connectivity index (χ0n) is 12.7. The fraction of sp³-hybridized carbons (Fsp3) is 0.600. The van der Waals surface area contributed by atoms with Crippen LogP contribution in [0, 0.1) is 0 Å². The third kappa shape index (κ3) is 4.27. The van der Waals surface area contributed by atoms with E-state index in [2.05, 4.69) is 10.2 Å². The van der Waals surface area contributed by atoms with E-state index < -0.39 is 11.7 Å². The Labute approximate surface area is 135 Å². The Kier molecular flexibility index (Phi) is 6.97. The second-order valence-electron chi connectivity index (χ2n) is 5.16. The van der Waals surface area contributed by atoms with Gasteiger partial charge in [0.2, 0.25) is 0 Å². The largest absolute Gasteiger partial charge is 0.497 e. The molecule has 0 saturated carbocycles. The summed E-state index contributed by atoms with van der Waals surface area (Å²) in [5, 5.41) is 3.22. The van der Waals surface area contributed by atoms with Crippen LogP contribution in [-0.2, 0) is 6.18 Å². The lowest BCUT2D eigenvalue weighted by Gasteiger charge is -2.35. The van der Waals surface area contributed by atoms with Gasteiger partial charge in [-0.2, -0.15) is 13.2 Å². The van der Waals surface area contributed by atoms with Crippen molar-refractivity contribution in [1.82, 2.24) is 10.2 Å². The minimum atomic E-state index is -4.37. The van der Waals surface area contributed by atoms with Crippen LogP contribution in [0.2, 0.25) is 0 Å². The van der Waals surface area contributed by atoms with Crippen LogP contribution in [0.25, 0.3) is 0 Å². The zero-order valence-corrected chi connectivity index (χ0v) is 13.6. The topological polar surface area (TPSA) is 24.5 Å². The molecular formula is C15H22ClF3N2O. The Morgan fingerprint density at radius 2 is 1.91 bits per heavy atom. The van der Waals surface area contributed by atoms with E-state index in [1.54, 1.807) is 12.1 Å². The van der Waals surface area contributed by atoms with Crippen molar-refractivity contribution in [2.75, 3.05) is 33.3 Å². The molecule has 0 radical (unpaired) electrons. The molecule has 1 fully saturated rings. The molecule has 1 N–H and O–H groups in total. The van der Waals surface area contributed by atoms with E-state index in [-0.39, 0.29) is 24.2 Å². The highest BCUT2D eigenvalue weighted by Crippen LogP contribution is 2.39. The van der Waals surface area contributed by atoms with Gasteiger partial charge in [0.1, 0.15) is 5.75 Å². The normalized spacial score (nSPS) is 17.7. The molecule has 0 spiro atoms. The van der Waals surface area contributed by atoms with E-state index in [1.165, 1.54) is 7.11 Å². The molecule has 22 heavy (non-hydrogen) atoms. The minimum Gasteiger partial charge on any atom is -0.497 e. The summed E-state index contributed by atoms with van der Waals surface area (Å²) in [6.07, 6.45) is -3.72. The van der Waals surface area contributed by atoms with Crippen LogP contribution in [0.1, 0.15) is 30.5 Å². The SMILES string of the molecule is CC[C@H](c1ccc(OC)cc1C(F)(F)F)N1CCNCC1.Cl. The number of nitrogens with one attached hydrogen (secondary N) is 1. The number of methoxy groups -OCH3 is 1. The lowest BCUT2D eigenvalue weighted by molar-refractivity contribution is -0.139. The van der Waals surface area contributed by atoms with Crippen LogP contribution in [-0.4, -0.2) is 38.2 Å². The van der Waals surface area contributed by atoms with Gasteiger partial charge < -0.3 is 10.1 Å². The molecule has 1 aromatic rings. The van der Waals surface area contributed by atoms with Gasteiger partial charge >= 0.3 is 6.18 Å². The van der Waals surface area contributed by atoms with Gasteiger partial charge in [-0.1, -0.05) is 13.0 Å². The molecule has 0 aliphatic carbocycles. The molecule has 1 saturated heterocycles. The Balaban J connectivity index is 0.00000242. The third-order valence-corrected chi connectivity index (χ3v) is 3.90. The van der Waals surface area contributed by atoms with Crippen molar-refractivity contribution in [2.24, 2.45) is 0 Å². The second kappa shape index (κ2) is 8.04. The summed E-state index contributed by atoms with van der Waals surface area (Å²) in [5.74, 6) is 0.237. The molecule has 7 heteroatoms. The summed E-state index contributed by atoms with van der Waals surface area (Å²) in [6.45, 7) is 5.09. The molecule has 0 bridgehead atoms. The summed E-state index contributed by atoms with van der Waals surface area (Å²) >= 11 is 0. The molecule has 0 amide bonds. The zero-order chi connectivity index (χ0) is 15.5. The first-order valence-electron chi connectivity index (χ1n) is 7.17. The lowest BCUT2D eigenvalue weighted by atomic mass is 9.96. The van der Waals surface area contributed by atoms with E-state index in [0.29, 0.717) is 12.0 Å². The number of ether oxygens (including phenoxy) is 1. The molecule has 1 heterocycles. The number of hydrogen-bond donors (Lipinski definition) is 1. The molecule has 3 nitrogen and oxygen atoms in total. The van der Waals surface area contributed by atoms with Crippen molar-refractivity contribution >= 4 is 12.4 Å². The fourth-order valence-corrected chi connectivity index (χ4v) is 2.87. The molecule has 2 rings (SSSR count). The van der Waals surface area contributed by atoms with Gasteiger partial charge in [-0.3, -0.25) is 4.90 Å². The maximum Gasteiger partial charge on any atom is 0.416 e. The van der Waals surface area contributed by atoms with Gasteiger partial charge in [0.25, 0.3) is 0 Å². The summed E-state index contributed by atoms with van der Waals surface area (Å²) in [7, 11) is 1.38. The summed E-state index contributed by atoms with van der Waals surface area (Å²) < 4.78 is 45.0. The number of benzene rings is 1. The number of piperazine rings is 1. The van der Waals surface area contributed by atoms with Gasteiger partial charge in [-0.05, 0) is 24.1 Å². The fourth-order valence-electron chi connectivity index (χ4n) is 2.87. The van der Waals surface area contributed by atoms with Crippen molar-refractivity contribution in [3.8, 4) is 5.75 Å². The predicted molar refractivity (Wildman–Crippen MR) is 82.7 cm³/mol. The Hall–Kier alpha value is -0.980. The Bertz CT molecular complexity index is 476. The number of halogens is 4. The van der Waals surface area contributed by atoms with Crippen molar-refractivity contribution in [3.63, 3.8) is 0 Å². The average Bonchev–Trinajstić information content (AvgIpc) is 2.48. The molecule has 1 aliphatic rings. The van der Waals surface area contributed by atoms with E-state index in [0.717, 1.165) is 32.2 Å². The van der Waals surface area contributed by atoms with Gasteiger partial charge in [0.05, 0.1) is 12.7 Å². The molecule has 0 unspecified atom stereocenters. The maximum atomic E-state index is 13.3. The first-order valence-corrected chi connectivity index (χ1v) is 7.17. The second-order valence-corrected chi connectivity index (χ2v) is 5.16. The highest BCUT2D eigenvalue weighted by atomic mass is 35.5. The average molecular weight is 339 g/mol. The van der Waals surface area contributed by atoms with Crippen molar-refractivity contribution in [2.45, 2.75) is 25.6 Å².